The first-order chi connectivity index (χ1) is 17.3. The lowest BCUT2D eigenvalue weighted by Gasteiger charge is -2.24. The zero-order valence-corrected chi connectivity index (χ0v) is 22.2. The average molecular weight is 535 g/mol. The summed E-state index contributed by atoms with van der Waals surface area (Å²) in [4.78, 5) is 27.0. The highest BCUT2D eigenvalue weighted by Gasteiger charge is 2.50. The molecular weight excluding hydrogens is 501 g/mol. The third kappa shape index (κ3) is 7.72. The van der Waals surface area contributed by atoms with E-state index >= 15 is 0 Å². The Bertz CT molecular complexity index is 1240. The molecular formula is C28H33F3N2O3S. The fraction of sp³-hybridized carbons (Fsp3) is 0.393. The monoisotopic (exact) mass is 534 g/mol. The molecule has 2 N–H and O–H groups in total. The molecule has 0 aliphatic carbocycles. The van der Waals surface area contributed by atoms with Crippen LogP contribution in [0.4, 0.5) is 13.2 Å². The second-order valence-corrected chi connectivity index (χ2v) is 9.43. The van der Waals surface area contributed by atoms with E-state index in [2.05, 4.69) is 18.8 Å². The number of nitrogens with one attached hydrogen (secondary N) is 1. The van der Waals surface area contributed by atoms with Gasteiger partial charge in [-0.15, -0.1) is 0 Å². The minimum absolute atomic E-state index is 0.0187. The molecule has 3 aromatic rings. The Morgan fingerprint density at radius 2 is 1.51 bits per heavy atom. The van der Waals surface area contributed by atoms with Crippen molar-refractivity contribution in [2.75, 3.05) is 0 Å². The molecule has 9 heteroatoms. The van der Waals surface area contributed by atoms with Gasteiger partial charge in [-0.3, -0.25) is 14.2 Å². The molecule has 200 valence electrons. The van der Waals surface area contributed by atoms with E-state index in [1.165, 1.54) is 0 Å². The van der Waals surface area contributed by atoms with Gasteiger partial charge in [0, 0.05) is 17.7 Å². The fourth-order valence-electron chi connectivity index (χ4n) is 4.02. The second kappa shape index (κ2) is 13.0. The summed E-state index contributed by atoms with van der Waals surface area (Å²) in [6.45, 7) is 5.72. The minimum Gasteiger partial charge on any atom is -0.380 e. The van der Waals surface area contributed by atoms with Gasteiger partial charge in [0.1, 0.15) is 5.78 Å². The lowest BCUT2D eigenvalue weighted by atomic mass is 9.98. The minimum atomic E-state index is -4.74. The van der Waals surface area contributed by atoms with Crippen LogP contribution >= 0.6 is 12.2 Å². The zero-order valence-electron chi connectivity index (χ0n) is 21.4. The highest BCUT2D eigenvalue weighted by Crippen LogP contribution is 2.32. The number of carbonyl (C=O) groups excluding carboxylic acids is 1. The fourth-order valence-corrected chi connectivity index (χ4v) is 4.33. The number of carbonyl (C=O) groups is 1. The Morgan fingerprint density at radius 3 is 1.86 bits per heavy atom. The molecule has 0 bridgehead atoms. The number of aliphatic hydroxyl groups is 1. The normalized spacial score (nSPS) is 13.0. The Balaban J connectivity index is 0.000000371. The van der Waals surface area contributed by atoms with Crippen LogP contribution in [-0.4, -0.2) is 32.2 Å². The summed E-state index contributed by atoms with van der Waals surface area (Å²) in [6.07, 6.45) is -3.18. The standard InChI is InChI=1S/C22H24N2OS.C6H9F3O2/c1-3-11-18-19(4-2)23-22(26)24(21(18)25)20(16-12-7-5-8-13-16)17-14-9-6-10-15-17;1-4(10)3-5(2,11)6(7,8)9/h5-10,12-15,20H,3-4,11H2,1-2H3,(H,23,26);11H,3H2,1-2H3. The number of aromatic amines is 1. The van der Waals surface area contributed by atoms with Crippen LogP contribution in [0.3, 0.4) is 0 Å². The van der Waals surface area contributed by atoms with Gasteiger partial charge in [-0.05, 0) is 50.0 Å². The van der Waals surface area contributed by atoms with E-state index in [0.717, 1.165) is 48.6 Å². The predicted molar refractivity (Wildman–Crippen MR) is 141 cm³/mol. The number of halogens is 3. The highest BCUT2D eigenvalue weighted by molar-refractivity contribution is 7.71. The van der Waals surface area contributed by atoms with Gasteiger partial charge in [0.15, 0.2) is 10.4 Å². The Hall–Kier alpha value is -3.04. The number of aryl methyl sites for hydroxylation is 1. The van der Waals surface area contributed by atoms with E-state index in [1.807, 2.05) is 60.7 Å². The van der Waals surface area contributed by atoms with Gasteiger partial charge in [-0.25, -0.2) is 0 Å². The highest BCUT2D eigenvalue weighted by atomic mass is 32.1. The summed E-state index contributed by atoms with van der Waals surface area (Å²) in [5.41, 5.74) is 1.03. The number of nitrogens with zero attached hydrogens (tertiary/aromatic N) is 1. The van der Waals surface area contributed by atoms with Gasteiger partial charge < -0.3 is 10.1 Å². The molecule has 1 heterocycles. The third-order valence-electron chi connectivity index (χ3n) is 5.86. The van der Waals surface area contributed by atoms with Gasteiger partial charge in [0.25, 0.3) is 5.56 Å². The number of benzene rings is 2. The topological polar surface area (TPSA) is 75.1 Å². The van der Waals surface area contributed by atoms with Crippen molar-refractivity contribution in [2.45, 2.75) is 71.2 Å². The van der Waals surface area contributed by atoms with Crippen molar-refractivity contribution in [3.05, 3.63) is 98.2 Å². The lowest BCUT2D eigenvalue weighted by molar-refractivity contribution is -0.253. The van der Waals surface area contributed by atoms with Crippen LogP contribution in [0.25, 0.3) is 0 Å². The van der Waals surface area contributed by atoms with E-state index < -0.39 is 24.0 Å². The van der Waals surface area contributed by atoms with Crippen LogP contribution in [-0.2, 0) is 17.6 Å². The smallest absolute Gasteiger partial charge is 0.380 e. The maximum Gasteiger partial charge on any atom is 0.417 e. The van der Waals surface area contributed by atoms with Crippen molar-refractivity contribution in [3.63, 3.8) is 0 Å². The molecule has 0 aliphatic heterocycles. The zero-order chi connectivity index (χ0) is 27.8. The Labute approximate surface area is 220 Å². The molecule has 0 saturated carbocycles. The number of aromatic nitrogens is 2. The van der Waals surface area contributed by atoms with Crippen molar-refractivity contribution in [1.29, 1.82) is 0 Å². The molecule has 0 fully saturated rings. The molecule has 1 unspecified atom stereocenters. The van der Waals surface area contributed by atoms with Crippen molar-refractivity contribution in [3.8, 4) is 0 Å². The van der Waals surface area contributed by atoms with Crippen LogP contribution < -0.4 is 5.56 Å². The number of alkyl halides is 3. The van der Waals surface area contributed by atoms with Crippen LogP contribution in [0, 0.1) is 4.77 Å². The lowest BCUT2D eigenvalue weighted by Crippen LogP contribution is -2.43. The molecule has 0 saturated heterocycles. The Kier molecular flexibility index (Phi) is 10.6. The summed E-state index contributed by atoms with van der Waals surface area (Å²) in [7, 11) is 0. The molecule has 0 radical (unpaired) electrons. The Morgan fingerprint density at radius 1 is 1.03 bits per heavy atom. The third-order valence-corrected chi connectivity index (χ3v) is 6.16. The SMILES string of the molecule is CC(=O)CC(C)(O)C(F)(F)F.CCCc1c(CC)[nH]c(=S)n(C(c2ccccc2)c2ccccc2)c1=O. The van der Waals surface area contributed by atoms with Crippen molar-refractivity contribution >= 4 is 18.0 Å². The van der Waals surface area contributed by atoms with Crippen LogP contribution in [0.2, 0.25) is 0 Å². The largest absolute Gasteiger partial charge is 0.417 e. The molecule has 5 nitrogen and oxygen atoms in total. The van der Waals surface area contributed by atoms with Gasteiger partial charge in [0.2, 0.25) is 0 Å². The van der Waals surface area contributed by atoms with Gasteiger partial charge in [0.05, 0.1) is 6.04 Å². The van der Waals surface area contributed by atoms with E-state index in [-0.39, 0.29) is 11.6 Å². The average Bonchev–Trinajstić information content (AvgIpc) is 2.83. The summed E-state index contributed by atoms with van der Waals surface area (Å²) in [5, 5.41) is 8.68. The van der Waals surface area contributed by atoms with Gasteiger partial charge in [-0.2, -0.15) is 13.2 Å². The van der Waals surface area contributed by atoms with Gasteiger partial charge in [-0.1, -0.05) is 80.9 Å². The number of Topliss-reactive ketones (excluding diaryl/α,β-unsaturated/α-hetero) is 1. The maximum absolute atomic E-state index is 13.4. The molecule has 3 rings (SSSR count). The molecule has 1 atom stereocenters. The van der Waals surface area contributed by atoms with Crippen LogP contribution in [0.1, 0.15) is 69.0 Å². The molecule has 37 heavy (non-hydrogen) atoms. The second-order valence-electron chi connectivity index (χ2n) is 9.04. The van der Waals surface area contributed by atoms with Crippen LogP contribution in [0.15, 0.2) is 65.5 Å². The van der Waals surface area contributed by atoms with E-state index in [4.69, 9.17) is 17.3 Å². The van der Waals surface area contributed by atoms with Crippen molar-refractivity contribution in [2.24, 2.45) is 0 Å². The predicted octanol–water partition coefficient (Wildman–Crippen LogP) is 6.34. The number of H-pyrrole nitrogens is 1. The van der Waals surface area contributed by atoms with E-state index in [1.54, 1.807) is 4.57 Å². The number of rotatable bonds is 8. The van der Waals surface area contributed by atoms with Crippen LogP contribution in [0.5, 0.6) is 0 Å². The number of hydrogen-bond donors (Lipinski definition) is 2. The first-order valence-electron chi connectivity index (χ1n) is 12.1. The molecule has 2 aromatic carbocycles. The van der Waals surface area contributed by atoms with Crippen molar-refractivity contribution in [1.82, 2.24) is 9.55 Å². The van der Waals surface area contributed by atoms with E-state index in [9.17, 15) is 22.8 Å². The first-order valence-corrected chi connectivity index (χ1v) is 12.5. The quantitative estimate of drug-likeness (QED) is 0.331. The summed E-state index contributed by atoms with van der Waals surface area (Å²) in [6, 6.07) is 19.9. The van der Waals surface area contributed by atoms with Crippen molar-refractivity contribution < 1.29 is 23.1 Å². The number of ketones is 1. The first kappa shape index (κ1) is 30.2. The molecule has 0 aliphatic rings. The molecule has 1 aromatic heterocycles. The summed E-state index contributed by atoms with van der Waals surface area (Å²) < 4.78 is 37.6. The number of hydrogen-bond acceptors (Lipinski definition) is 4. The maximum atomic E-state index is 13.4. The molecule has 0 spiro atoms. The summed E-state index contributed by atoms with van der Waals surface area (Å²) in [5.74, 6) is -0.688. The van der Waals surface area contributed by atoms with E-state index in [0.29, 0.717) is 11.7 Å². The van der Waals surface area contributed by atoms with Gasteiger partial charge >= 0.3 is 6.18 Å². The summed E-state index contributed by atoms with van der Waals surface area (Å²) >= 11 is 5.62. The molecule has 0 amide bonds.